The number of alkyl halides is 3. The molecule has 0 saturated heterocycles. The average Bonchev–Trinajstić information content (AvgIpc) is 3.25. The van der Waals surface area contributed by atoms with Gasteiger partial charge in [0.05, 0.1) is 10.5 Å². The Bertz CT molecular complexity index is 839. The van der Waals surface area contributed by atoms with Crippen LogP contribution in [0.25, 0.3) is 0 Å². The number of hydrogen-bond donors (Lipinski definition) is 1. The van der Waals surface area contributed by atoms with E-state index in [9.17, 15) is 21.6 Å². The lowest BCUT2D eigenvalue weighted by Gasteiger charge is -2.11. The van der Waals surface area contributed by atoms with Crippen molar-refractivity contribution in [2.24, 2.45) is 0 Å². The maximum absolute atomic E-state index is 12.7. The summed E-state index contributed by atoms with van der Waals surface area (Å²) in [6.45, 7) is 1.57. The van der Waals surface area contributed by atoms with Crippen LogP contribution >= 0.6 is 0 Å². The van der Waals surface area contributed by atoms with E-state index in [-0.39, 0.29) is 11.6 Å². The first-order chi connectivity index (χ1) is 10.7. The normalized spacial score (nSPS) is 15.7. The Morgan fingerprint density at radius 3 is 2.61 bits per heavy atom. The Morgan fingerprint density at radius 2 is 2.00 bits per heavy atom. The van der Waals surface area contributed by atoms with E-state index in [1.165, 1.54) is 0 Å². The molecule has 124 valence electrons. The molecule has 1 N–H and O–H groups in total. The molecule has 0 atom stereocenters. The van der Waals surface area contributed by atoms with Crippen LogP contribution in [-0.2, 0) is 16.2 Å². The second-order valence-electron chi connectivity index (χ2n) is 5.41. The van der Waals surface area contributed by atoms with Crippen molar-refractivity contribution >= 4 is 15.7 Å². The molecule has 1 aliphatic rings. The minimum absolute atomic E-state index is 0.107. The van der Waals surface area contributed by atoms with Gasteiger partial charge in [-0.25, -0.2) is 8.42 Å². The number of aryl methyl sites for hydroxylation is 1. The number of rotatable bonds is 4. The maximum Gasteiger partial charge on any atom is 0.416 e. The molecule has 5 nitrogen and oxygen atoms in total. The third kappa shape index (κ3) is 3.19. The number of sulfonamides is 1. The van der Waals surface area contributed by atoms with Crippen LogP contribution in [0.2, 0.25) is 0 Å². The molecule has 0 aliphatic heterocycles. The summed E-state index contributed by atoms with van der Waals surface area (Å²) >= 11 is 0. The van der Waals surface area contributed by atoms with Crippen molar-refractivity contribution in [3.63, 3.8) is 0 Å². The number of benzene rings is 1. The fourth-order valence-electron chi connectivity index (χ4n) is 2.17. The van der Waals surface area contributed by atoms with E-state index >= 15 is 0 Å². The molecule has 0 radical (unpaired) electrons. The first kappa shape index (κ1) is 15.9. The summed E-state index contributed by atoms with van der Waals surface area (Å²) in [5, 5.41) is 3.73. The first-order valence-corrected chi connectivity index (χ1v) is 8.33. The van der Waals surface area contributed by atoms with E-state index in [4.69, 9.17) is 4.52 Å². The highest BCUT2D eigenvalue weighted by Crippen LogP contribution is 2.44. The van der Waals surface area contributed by atoms with E-state index in [2.05, 4.69) is 9.88 Å². The largest absolute Gasteiger partial charge is 0.416 e. The molecular formula is C14H13F3N2O3S. The standard InChI is InChI=1S/C14H13F3N2O3S/c1-8-12(13(22-18-8)9-5-6-9)19-23(20,21)11-4-2-3-10(7-11)14(15,16)17/h2-4,7,9,19H,5-6H2,1H3. The first-order valence-electron chi connectivity index (χ1n) is 6.85. The number of nitrogens with one attached hydrogen (secondary N) is 1. The molecule has 1 aromatic heterocycles. The quantitative estimate of drug-likeness (QED) is 0.917. The monoisotopic (exact) mass is 346 g/mol. The van der Waals surface area contributed by atoms with Crippen molar-refractivity contribution in [2.75, 3.05) is 4.72 Å². The van der Waals surface area contributed by atoms with Gasteiger partial charge in [-0.15, -0.1) is 0 Å². The Morgan fingerprint density at radius 1 is 1.30 bits per heavy atom. The van der Waals surface area contributed by atoms with Gasteiger partial charge in [0.2, 0.25) is 0 Å². The van der Waals surface area contributed by atoms with Gasteiger partial charge in [0.25, 0.3) is 10.0 Å². The van der Waals surface area contributed by atoms with Gasteiger partial charge in [-0.3, -0.25) is 4.72 Å². The van der Waals surface area contributed by atoms with Crippen LogP contribution in [0.3, 0.4) is 0 Å². The van der Waals surface area contributed by atoms with Crippen molar-refractivity contribution < 1.29 is 26.1 Å². The Hall–Kier alpha value is -2.03. The summed E-state index contributed by atoms with van der Waals surface area (Å²) in [5.74, 6) is 0.536. The van der Waals surface area contributed by atoms with Crippen LogP contribution in [0, 0.1) is 6.92 Å². The van der Waals surface area contributed by atoms with E-state index in [0.717, 1.165) is 31.0 Å². The third-order valence-corrected chi connectivity index (χ3v) is 4.89. The van der Waals surface area contributed by atoms with Crippen LogP contribution in [0.4, 0.5) is 18.9 Å². The number of halogens is 3. The van der Waals surface area contributed by atoms with Crippen molar-refractivity contribution in [3.05, 3.63) is 41.3 Å². The molecule has 23 heavy (non-hydrogen) atoms. The van der Waals surface area contributed by atoms with Gasteiger partial charge < -0.3 is 4.52 Å². The average molecular weight is 346 g/mol. The summed E-state index contributed by atoms with van der Waals surface area (Å²) in [4.78, 5) is -0.463. The molecule has 1 heterocycles. The zero-order chi connectivity index (χ0) is 16.8. The zero-order valence-electron chi connectivity index (χ0n) is 12.0. The summed E-state index contributed by atoms with van der Waals surface area (Å²) in [5.41, 5.74) is -0.461. The van der Waals surface area contributed by atoms with E-state index in [1.807, 2.05) is 0 Å². The third-order valence-electron chi connectivity index (χ3n) is 3.55. The number of aromatic nitrogens is 1. The van der Waals surface area contributed by atoms with E-state index < -0.39 is 26.7 Å². The van der Waals surface area contributed by atoms with Gasteiger partial charge in [-0.05, 0) is 38.0 Å². The Labute approximate surface area is 130 Å². The highest BCUT2D eigenvalue weighted by atomic mass is 32.2. The van der Waals surface area contributed by atoms with Gasteiger partial charge >= 0.3 is 6.18 Å². The van der Waals surface area contributed by atoms with Crippen LogP contribution < -0.4 is 4.72 Å². The molecule has 1 fully saturated rings. The Balaban J connectivity index is 1.95. The SMILES string of the molecule is Cc1noc(C2CC2)c1NS(=O)(=O)c1cccc(C(F)(F)F)c1. The summed E-state index contributed by atoms with van der Waals surface area (Å²) in [6, 6.07) is 3.58. The minimum Gasteiger partial charge on any atom is -0.359 e. The zero-order valence-corrected chi connectivity index (χ0v) is 12.8. The van der Waals surface area contributed by atoms with Crippen molar-refractivity contribution in [2.45, 2.75) is 36.8 Å². The summed E-state index contributed by atoms with van der Waals surface area (Å²) in [6.07, 6.45) is -2.88. The van der Waals surface area contributed by atoms with Gasteiger partial charge in [0.15, 0.2) is 5.76 Å². The predicted molar refractivity (Wildman–Crippen MR) is 75.5 cm³/mol. The molecule has 9 heteroatoms. The molecule has 0 bridgehead atoms. The van der Waals surface area contributed by atoms with Crippen molar-refractivity contribution in [3.8, 4) is 0 Å². The van der Waals surface area contributed by atoms with Crippen LogP contribution in [-0.4, -0.2) is 13.6 Å². The summed E-state index contributed by atoms with van der Waals surface area (Å²) < 4.78 is 70.4. The smallest absolute Gasteiger partial charge is 0.359 e. The Kier molecular flexibility index (Phi) is 3.62. The lowest BCUT2D eigenvalue weighted by molar-refractivity contribution is -0.137. The van der Waals surface area contributed by atoms with Crippen LogP contribution in [0.15, 0.2) is 33.7 Å². The molecule has 0 spiro atoms. The number of anilines is 1. The highest BCUT2D eigenvalue weighted by Gasteiger charge is 2.34. The molecule has 1 aliphatic carbocycles. The summed E-state index contributed by atoms with van der Waals surface area (Å²) in [7, 11) is -4.17. The predicted octanol–water partition coefficient (Wildman–Crippen LogP) is 3.68. The minimum atomic E-state index is -4.61. The number of hydrogen-bond acceptors (Lipinski definition) is 4. The second kappa shape index (κ2) is 5.26. The van der Waals surface area contributed by atoms with Gasteiger partial charge in [0.1, 0.15) is 11.4 Å². The van der Waals surface area contributed by atoms with E-state index in [0.29, 0.717) is 17.5 Å². The maximum atomic E-state index is 12.7. The molecular weight excluding hydrogens is 333 g/mol. The number of nitrogens with zero attached hydrogens (tertiary/aromatic N) is 1. The van der Waals surface area contributed by atoms with Crippen molar-refractivity contribution in [1.82, 2.24) is 5.16 Å². The van der Waals surface area contributed by atoms with Gasteiger partial charge in [0, 0.05) is 5.92 Å². The second-order valence-corrected chi connectivity index (χ2v) is 7.10. The van der Waals surface area contributed by atoms with Crippen molar-refractivity contribution in [1.29, 1.82) is 0 Å². The molecule has 0 unspecified atom stereocenters. The molecule has 0 amide bonds. The van der Waals surface area contributed by atoms with E-state index in [1.54, 1.807) is 6.92 Å². The molecule has 1 saturated carbocycles. The topological polar surface area (TPSA) is 72.2 Å². The fourth-order valence-corrected chi connectivity index (χ4v) is 3.34. The van der Waals surface area contributed by atoms with Crippen LogP contribution in [0.5, 0.6) is 0 Å². The fraction of sp³-hybridized carbons (Fsp3) is 0.357. The lowest BCUT2D eigenvalue weighted by atomic mass is 10.2. The molecule has 3 rings (SSSR count). The highest BCUT2D eigenvalue weighted by molar-refractivity contribution is 7.92. The van der Waals surface area contributed by atoms with Gasteiger partial charge in [-0.2, -0.15) is 13.2 Å². The van der Waals surface area contributed by atoms with Gasteiger partial charge in [-0.1, -0.05) is 11.2 Å². The van der Waals surface area contributed by atoms with Crippen LogP contribution in [0.1, 0.15) is 35.8 Å². The lowest BCUT2D eigenvalue weighted by Crippen LogP contribution is -2.15. The molecule has 1 aromatic carbocycles. The molecule has 2 aromatic rings.